The van der Waals surface area contributed by atoms with Gasteiger partial charge in [0.2, 0.25) is 0 Å². The van der Waals surface area contributed by atoms with Gasteiger partial charge in [-0.25, -0.2) is 4.39 Å². The van der Waals surface area contributed by atoms with Crippen LogP contribution in [0.1, 0.15) is 33.2 Å². The number of phenolic OH excluding ortho intramolecular Hbond substituents is 1. The summed E-state index contributed by atoms with van der Waals surface area (Å²) < 4.78 is 18.9. The number of rotatable bonds is 6. The summed E-state index contributed by atoms with van der Waals surface area (Å²) in [6.45, 7) is 0.454. The molecule has 166 valence electrons. The SMILES string of the molecule is COc1ccc(CCN2C(=O)c3[nH]nc(-c4ccccc4O)c3[C@H]2c2ccc(F)cc2)cc1. The quantitative estimate of drug-likeness (QED) is 0.452. The van der Waals surface area contributed by atoms with E-state index in [0.29, 0.717) is 35.5 Å². The summed E-state index contributed by atoms with van der Waals surface area (Å²) in [5, 5.41) is 17.7. The van der Waals surface area contributed by atoms with Gasteiger partial charge in [0.05, 0.1) is 13.2 Å². The molecule has 0 bridgehead atoms. The molecule has 0 aliphatic carbocycles. The number of fused-ring (bicyclic) bond motifs is 1. The lowest BCUT2D eigenvalue weighted by Gasteiger charge is -2.26. The van der Waals surface area contributed by atoms with Gasteiger partial charge in [0.25, 0.3) is 5.91 Å². The van der Waals surface area contributed by atoms with Gasteiger partial charge in [-0.3, -0.25) is 9.89 Å². The largest absolute Gasteiger partial charge is 0.507 e. The molecular formula is C26H22FN3O3. The molecule has 0 fully saturated rings. The van der Waals surface area contributed by atoms with Crippen LogP contribution in [0.5, 0.6) is 11.5 Å². The van der Waals surface area contributed by atoms with Crippen molar-refractivity contribution >= 4 is 5.91 Å². The number of carbonyl (C=O) groups is 1. The highest BCUT2D eigenvalue weighted by Gasteiger charge is 2.42. The van der Waals surface area contributed by atoms with E-state index in [-0.39, 0.29) is 17.5 Å². The number of phenols is 1. The minimum atomic E-state index is -0.459. The molecule has 1 aromatic heterocycles. The first-order chi connectivity index (χ1) is 16.1. The summed E-state index contributed by atoms with van der Waals surface area (Å²) in [6, 6.07) is 20.3. The molecule has 6 nitrogen and oxygen atoms in total. The van der Waals surface area contributed by atoms with E-state index in [9.17, 15) is 14.3 Å². The predicted octanol–water partition coefficient (Wildman–Crippen LogP) is 4.72. The summed E-state index contributed by atoms with van der Waals surface area (Å²) in [6.07, 6.45) is 0.636. The number of aromatic hydroxyl groups is 1. The molecule has 0 saturated heterocycles. The van der Waals surface area contributed by atoms with Crippen molar-refractivity contribution in [2.45, 2.75) is 12.5 Å². The Morgan fingerprint density at radius 3 is 2.48 bits per heavy atom. The van der Waals surface area contributed by atoms with Crippen LogP contribution < -0.4 is 4.74 Å². The molecule has 0 radical (unpaired) electrons. The van der Waals surface area contributed by atoms with Crippen LogP contribution in [-0.4, -0.2) is 39.8 Å². The zero-order valence-electron chi connectivity index (χ0n) is 18.0. The Labute approximate surface area is 190 Å². The van der Waals surface area contributed by atoms with E-state index >= 15 is 0 Å². The van der Waals surface area contributed by atoms with Gasteiger partial charge < -0.3 is 14.7 Å². The Morgan fingerprint density at radius 1 is 1.06 bits per heavy atom. The van der Waals surface area contributed by atoms with E-state index in [1.54, 1.807) is 48.4 Å². The summed E-state index contributed by atoms with van der Waals surface area (Å²) >= 11 is 0. The highest BCUT2D eigenvalue weighted by Crippen LogP contribution is 2.44. The summed E-state index contributed by atoms with van der Waals surface area (Å²) in [7, 11) is 1.62. The maximum atomic E-state index is 13.7. The molecule has 4 aromatic rings. The molecule has 0 unspecified atom stereocenters. The second-order valence-corrected chi connectivity index (χ2v) is 7.93. The Bertz CT molecular complexity index is 1300. The zero-order chi connectivity index (χ0) is 22.9. The van der Waals surface area contributed by atoms with E-state index < -0.39 is 6.04 Å². The average molecular weight is 443 g/mol. The molecule has 3 aromatic carbocycles. The molecule has 1 aliphatic heterocycles. The number of amides is 1. The molecule has 1 atom stereocenters. The van der Waals surface area contributed by atoms with E-state index in [1.807, 2.05) is 24.3 Å². The number of H-pyrrole nitrogens is 1. The molecule has 33 heavy (non-hydrogen) atoms. The predicted molar refractivity (Wildman–Crippen MR) is 122 cm³/mol. The molecule has 1 amide bonds. The first-order valence-electron chi connectivity index (χ1n) is 10.6. The summed E-state index contributed by atoms with van der Waals surface area (Å²) in [5.74, 6) is 0.325. The van der Waals surface area contributed by atoms with Gasteiger partial charge in [0, 0.05) is 17.7 Å². The van der Waals surface area contributed by atoms with E-state index in [4.69, 9.17) is 4.74 Å². The van der Waals surface area contributed by atoms with Gasteiger partial charge in [0.15, 0.2) is 0 Å². The summed E-state index contributed by atoms with van der Waals surface area (Å²) in [4.78, 5) is 15.2. The molecule has 2 N–H and O–H groups in total. The van der Waals surface area contributed by atoms with Gasteiger partial charge in [-0.1, -0.05) is 36.4 Å². The number of aromatic nitrogens is 2. The smallest absolute Gasteiger partial charge is 0.273 e. The lowest BCUT2D eigenvalue weighted by Crippen LogP contribution is -2.31. The van der Waals surface area contributed by atoms with Gasteiger partial charge in [-0.2, -0.15) is 5.10 Å². The average Bonchev–Trinajstić information content (AvgIpc) is 3.38. The van der Waals surface area contributed by atoms with Crippen molar-refractivity contribution in [3.63, 3.8) is 0 Å². The minimum absolute atomic E-state index is 0.0776. The number of benzene rings is 3. The number of nitrogens with zero attached hydrogens (tertiary/aromatic N) is 2. The van der Waals surface area contributed by atoms with Crippen molar-refractivity contribution in [3.05, 3.63) is 101 Å². The molecule has 0 saturated carbocycles. The van der Waals surface area contributed by atoms with Crippen LogP contribution in [0.4, 0.5) is 4.39 Å². The molecule has 7 heteroatoms. The fourth-order valence-electron chi connectivity index (χ4n) is 4.34. The fourth-order valence-corrected chi connectivity index (χ4v) is 4.34. The van der Waals surface area contributed by atoms with E-state index in [0.717, 1.165) is 16.9 Å². The van der Waals surface area contributed by atoms with Crippen molar-refractivity contribution in [3.8, 4) is 22.8 Å². The Morgan fingerprint density at radius 2 is 1.79 bits per heavy atom. The second-order valence-electron chi connectivity index (χ2n) is 7.93. The number of nitrogens with one attached hydrogen (secondary N) is 1. The normalized spacial score (nSPS) is 15.0. The number of para-hydroxylation sites is 1. The third-order valence-electron chi connectivity index (χ3n) is 6.01. The minimum Gasteiger partial charge on any atom is -0.507 e. The van der Waals surface area contributed by atoms with Gasteiger partial charge in [0.1, 0.15) is 28.7 Å². The Balaban J connectivity index is 1.54. The molecular weight excluding hydrogens is 421 g/mol. The van der Waals surface area contributed by atoms with E-state index in [2.05, 4.69) is 10.2 Å². The van der Waals surface area contributed by atoms with Crippen LogP contribution in [0.3, 0.4) is 0 Å². The van der Waals surface area contributed by atoms with Crippen LogP contribution in [0.25, 0.3) is 11.3 Å². The monoisotopic (exact) mass is 443 g/mol. The molecule has 1 aliphatic rings. The lowest BCUT2D eigenvalue weighted by molar-refractivity contribution is 0.0746. The number of aromatic amines is 1. The summed E-state index contributed by atoms with van der Waals surface area (Å²) in [5.41, 5.74) is 3.96. The van der Waals surface area contributed by atoms with E-state index in [1.165, 1.54) is 12.1 Å². The topological polar surface area (TPSA) is 78.5 Å². The zero-order valence-corrected chi connectivity index (χ0v) is 18.0. The maximum absolute atomic E-state index is 13.7. The number of ether oxygens (including phenoxy) is 1. The van der Waals surface area contributed by atoms with Crippen LogP contribution in [0.2, 0.25) is 0 Å². The first-order valence-corrected chi connectivity index (χ1v) is 10.6. The third-order valence-corrected chi connectivity index (χ3v) is 6.01. The molecule has 5 rings (SSSR count). The highest BCUT2D eigenvalue weighted by atomic mass is 19.1. The molecule has 0 spiro atoms. The van der Waals surface area contributed by atoms with Crippen LogP contribution in [-0.2, 0) is 6.42 Å². The number of methoxy groups -OCH3 is 1. The van der Waals surface area contributed by atoms with Crippen molar-refractivity contribution in [1.29, 1.82) is 0 Å². The fraction of sp³-hybridized carbons (Fsp3) is 0.154. The van der Waals surface area contributed by atoms with Gasteiger partial charge in [-0.05, 0) is 53.9 Å². The number of halogens is 1. The number of hydrogen-bond acceptors (Lipinski definition) is 4. The van der Waals surface area contributed by atoms with Crippen LogP contribution in [0.15, 0.2) is 72.8 Å². The highest BCUT2D eigenvalue weighted by molar-refractivity contribution is 6.00. The van der Waals surface area contributed by atoms with Crippen molar-refractivity contribution in [2.24, 2.45) is 0 Å². The van der Waals surface area contributed by atoms with Crippen molar-refractivity contribution in [2.75, 3.05) is 13.7 Å². The standard InChI is InChI=1S/C26H22FN3O3/c1-33-19-12-6-16(7-13-19)14-15-30-25(17-8-10-18(27)11-9-17)22-23(28-29-24(22)26(30)32)20-4-2-3-5-21(20)31/h2-13,25,31H,14-15H2,1H3,(H,28,29)/t25-/m1/s1. The van der Waals surface area contributed by atoms with Crippen LogP contribution >= 0.6 is 0 Å². The maximum Gasteiger partial charge on any atom is 0.273 e. The third kappa shape index (κ3) is 3.71. The van der Waals surface area contributed by atoms with Crippen molar-refractivity contribution in [1.82, 2.24) is 15.1 Å². The van der Waals surface area contributed by atoms with Crippen LogP contribution in [0, 0.1) is 5.82 Å². The first kappa shape index (κ1) is 20.8. The number of hydrogen-bond donors (Lipinski definition) is 2. The molecule has 2 heterocycles. The number of carbonyl (C=O) groups excluding carboxylic acids is 1. The van der Waals surface area contributed by atoms with Crippen molar-refractivity contribution < 1.29 is 19.0 Å². The lowest BCUT2D eigenvalue weighted by atomic mass is 9.95. The second kappa shape index (κ2) is 8.43. The Kier molecular flexibility index (Phi) is 5.30. The van der Waals surface area contributed by atoms with Gasteiger partial charge >= 0.3 is 0 Å². The Hall–Kier alpha value is -4.13. The van der Waals surface area contributed by atoms with Gasteiger partial charge in [-0.15, -0.1) is 0 Å².